The molecule has 1 aromatic carbocycles. The van der Waals surface area contributed by atoms with Gasteiger partial charge in [0.1, 0.15) is 0 Å². The monoisotopic (exact) mass is 334 g/mol. The summed E-state index contributed by atoms with van der Waals surface area (Å²) in [6.45, 7) is 2.29. The molecule has 0 unspecified atom stereocenters. The van der Waals surface area contributed by atoms with Crippen LogP contribution in [0.3, 0.4) is 0 Å². The normalized spacial score (nSPS) is 26.6. The van der Waals surface area contributed by atoms with Crippen LogP contribution in [0.15, 0.2) is 29.2 Å². The van der Waals surface area contributed by atoms with Crippen LogP contribution in [-0.4, -0.2) is 46.1 Å². The summed E-state index contributed by atoms with van der Waals surface area (Å²) in [6.07, 6.45) is 0.529. The smallest absolute Gasteiger partial charge is 0.311 e. The van der Waals surface area contributed by atoms with Crippen LogP contribution in [0, 0.1) is 5.41 Å². The van der Waals surface area contributed by atoms with Gasteiger partial charge in [0.2, 0.25) is 11.8 Å². The van der Waals surface area contributed by atoms with Crippen LogP contribution in [0.5, 0.6) is 0 Å². The number of anilines is 1. The molecular formula is C16H18N2O4S. The SMILES string of the molecule is C[C@]1(C(=O)O)CCN(C(=O)C[C@@H]2Sc3ccccc3NC2=O)C1. The molecule has 122 valence electrons. The summed E-state index contributed by atoms with van der Waals surface area (Å²) >= 11 is 1.38. The molecule has 2 aliphatic rings. The van der Waals surface area contributed by atoms with E-state index in [4.69, 9.17) is 0 Å². The molecule has 0 aliphatic carbocycles. The second kappa shape index (κ2) is 5.88. The highest BCUT2D eigenvalue weighted by Gasteiger charge is 2.42. The van der Waals surface area contributed by atoms with Gasteiger partial charge in [-0.1, -0.05) is 12.1 Å². The Bertz CT molecular complexity index is 678. The average Bonchev–Trinajstić information content (AvgIpc) is 2.92. The molecule has 6 nitrogen and oxygen atoms in total. The van der Waals surface area contributed by atoms with E-state index >= 15 is 0 Å². The molecule has 2 atom stereocenters. The molecule has 0 saturated carbocycles. The van der Waals surface area contributed by atoms with Crippen LogP contribution >= 0.6 is 11.8 Å². The lowest BCUT2D eigenvalue weighted by Crippen LogP contribution is -2.38. The third-order valence-electron chi connectivity index (χ3n) is 4.41. The zero-order valence-electron chi connectivity index (χ0n) is 12.7. The van der Waals surface area contributed by atoms with Crippen molar-refractivity contribution in [3.05, 3.63) is 24.3 Å². The Labute approximate surface area is 138 Å². The first-order chi connectivity index (χ1) is 10.9. The summed E-state index contributed by atoms with van der Waals surface area (Å²) in [5, 5.41) is 11.6. The van der Waals surface area contributed by atoms with Crippen molar-refractivity contribution in [2.75, 3.05) is 18.4 Å². The topological polar surface area (TPSA) is 86.7 Å². The number of hydrogen-bond acceptors (Lipinski definition) is 4. The van der Waals surface area contributed by atoms with Crippen LogP contribution in [-0.2, 0) is 14.4 Å². The number of carboxylic acids is 1. The standard InChI is InChI=1S/C16H18N2O4S/c1-16(15(21)22)6-7-18(9-16)13(19)8-12-14(20)17-10-4-2-3-5-11(10)23-12/h2-5,12H,6-9H2,1H3,(H,17,20)(H,21,22)/t12-,16-/m0/s1. The number of hydrogen-bond donors (Lipinski definition) is 2. The first kappa shape index (κ1) is 15.9. The van der Waals surface area contributed by atoms with Crippen LogP contribution < -0.4 is 5.32 Å². The van der Waals surface area contributed by atoms with Crippen LogP contribution in [0.25, 0.3) is 0 Å². The highest BCUT2D eigenvalue weighted by Crippen LogP contribution is 2.37. The number of thioether (sulfide) groups is 1. The van der Waals surface area contributed by atoms with Gasteiger partial charge in [0.05, 0.1) is 16.4 Å². The molecule has 3 rings (SSSR count). The molecule has 1 aromatic rings. The minimum absolute atomic E-state index is 0.0839. The van der Waals surface area contributed by atoms with Gasteiger partial charge in [-0.3, -0.25) is 14.4 Å². The molecular weight excluding hydrogens is 316 g/mol. The molecule has 0 bridgehead atoms. The van der Waals surface area contributed by atoms with Gasteiger partial charge in [0.15, 0.2) is 0 Å². The third kappa shape index (κ3) is 3.06. The number of carbonyl (C=O) groups excluding carboxylic acids is 2. The quantitative estimate of drug-likeness (QED) is 0.880. The van der Waals surface area contributed by atoms with Crippen molar-refractivity contribution in [2.24, 2.45) is 5.41 Å². The van der Waals surface area contributed by atoms with Crippen molar-refractivity contribution < 1.29 is 19.5 Å². The molecule has 2 amide bonds. The third-order valence-corrected chi connectivity index (χ3v) is 5.68. The molecule has 1 fully saturated rings. The number of nitrogens with zero attached hydrogens (tertiary/aromatic N) is 1. The van der Waals surface area contributed by atoms with Crippen LogP contribution in [0.4, 0.5) is 5.69 Å². The van der Waals surface area contributed by atoms with Gasteiger partial charge in [-0.25, -0.2) is 0 Å². The molecule has 2 heterocycles. The number of carboxylic acid groups (broad SMARTS) is 1. The van der Waals surface area contributed by atoms with Gasteiger partial charge in [0.25, 0.3) is 0 Å². The fraction of sp³-hybridized carbons (Fsp3) is 0.438. The minimum Gasteiger partial charge on any atom is -0.481 e. The van der Waals surface area contributed by atoms with Gasteiger partial charge in [-0.15, -0.1) is 11.8 Å². The highest BCUT2D eigenvalue weighted by atomic mass is 32.2. The largest absolute Gasteiger partial charge is 0.481 e. The zero-order chi connectivity index (χ0) is 16.6. The van der Waals surface area contributed by atoms with Gasteiger partial charge in [-0.2, -0.15) is 0 Å². The maximum atomic E-state index is 12.4. The molecule has 7 heteroatoms. The van der Waals surface area contributed by atoms with Crippen molar-refractivity contribution in [1.29, 1.82) is 0 Å². The molecule has 2 N–H and O–H groups in total. The van der Waals surface area contributed by atoms with Crippen molar-refractivity contribution in [1.82, 2.24) is 4.90 Å². The van der Waals surface area contributed by atoms with Crippen molar-refractivity contribution in [3.63, 3.8) is 0 Å². The van der Waals surface area contributed by atoms with Crippen LogP contribution in [0.2, 0.25) is 0 Å². The van der Waals surface area contributed by atoms with E-state index in [1.165, 1.54) is 11.8 Å². The number of likely N-dealkylation sites (tertiary alicyclic amines) is 1. The Kier molecular flexibility index (Phi) is 4.06. The van der Waals surface area contributed by atoms with E-state index < -0.39 is 16.6 Å². The predicted molar refractivity (Wildman–Crippen MR) is 86.3 cm³/mol. The summed E-state index contributed by atoms with van der Waals surface area (Å²) in [7, 11) is 0. The number of rotatable bonds is 3. The Morgan fingerprint density at radius 1 is 1.43 bits per heavy atom. The number of fused-ring (bicyclic) bond motifs is 1. The van der Waals surface area contributed by atoms with E-state index in [-0.39, 0.29) is 24.8 Å². The Hall–Kier alpha value is -2.02. The summed E-state index contributed by atoms with van der Waals surface area (Å²) in [6, 6.07) is 7.48. The van der Waals surface area contributed by atoms with E-state index in [1.807, 2.05) is 24.3 Å². The lowest BCUT2D eigenvalue weighted by Gasteiger charge is -2.26. The number of para-hydroxylation sites is 1. The van der Waals surface area contributed by atoms with Gasteiger partial charge in [0, 0.05) is 24.4 Å². The minimum atomic E-state index is -0.885. The fourth-order valence-corrected chi connectivity index (χ4v) is 3.96. The van der Waals surface area contributed by atoms with E-state index in [1.54, 1.807) is 11.8 Å². The predicted octanol–water partition coefficient (Wildman–Crippen LogP) is 1.81. The Morgan fingerprint density at radius 3 is 2.87 bits per heavy atom. The number of carbonyl (C=O) groups is 3. The van der Waals surface area contributed by atoms with Crippen LogP contribution in [0.1, 0.15) is 19.8 Å². The number of benzene rings is 1. The maximum absolute atomic E-state index is 12.4. The lowest BCUT2D eigenvalue weighted by atomic mass is 9.90. The van der Waals surface area contributed by atoms with E-state index in [0.29, 0.717) is 13.0 Å². The van der Waals surface area contributed by atoms with E-state index in [0.717, 1.165) is 10.6 Å². The van der Waals surface area contributed by atoms with Crippen molar-refractivity contribution >= 4 is 35.2 Å². The summed E-state index contributed by atoms with van der Waals surface area (Å²) in [5.74, 6) is -1.23. The molecule has 0 spiro atoms. The van der Waals surface area contributed by atoms with Gasteiger partial charge in [-0.05, 0) is 25.5 Å². The van der Waals surface area contributed by atoms with E-state index in [9.17, 15) is 19.5 Å². The van der Waals surface area contributed by atoms with Crippen molar-refractivity contribution in [2.45, 2.75) is 29.9 Å². The molecule has 2 aliphatic heterocycles. The zero-order valence-corrected chi connectivity index (χ0v) is 13.6. The Balaban J connectivity index is 1.65. The highest BCUT2D eigenvalue weighted by molar-refractivity contribution is 8.01. The van der Waals surface area contributed by atoms with Crippen molar-refractivity contribution in [3.8, 4) is 0 Å². The van der Waals surface area contributed by atoms with Gasteiger partial charge >= 0.3 is 5.97 Å². The van der Waals surface area contributed by atoms with Gasteiger partial charge < -0.3 is 15.3 Å². The van der Waals surface area contributed by atoms with E-state index in [2.05, 4.69) is 5.32 Å². The average molecular weight is 334 g/mol. The number of aliphatic carboxylic acids is 1. The molecule has 0 aromatic heterocycles. The summed E-state index contributed by atoms with van der Waals surface area (Å²) in [5.41, 5.74) is -0.115. The molecule has 23 heavy (non-hydrogen) atoms. The molecule has 0 radical (unpaired) electrons. The first-order valence-electron chi connectivity index (χ1n) is 7.47. The summed E-state index contributed by atoms with van der Waals surface area (Å²) < 4.78 is 0. The Morgan fingerprint density at radius 2 is 2.17 bits per heavy atom. The first-order valence-corrected chi connectivity index (χ1v) is 8.35. The second-order valence-corrected chi connectivity index (χ2v) is 7.47. The lowest BCUT2D eigenvalue weighted by molar-refractivity contribution is -0.147. The maximum Gasteiger partial charge on any atom is 0.311 e. The fourth-order valence-electron chi connectivity index (χ4n) is 2.86. The number of nitrogens with one attached hydrogen (secondary N) is 1. The molecule has 1 saturated heterocycles. The second-order valence-electron chi connectivity index (χ2n) is 6.23. The summed E-state index contributed by atoms with van der Waals surface area (Å²) in [4.78, 5) is 38.3. The number of amides is 2.